The summed E-state index contributed by atoms with van der Waals surface area (Å²) >= 11 is 0. The summed E-state index contributed by atoms with van der Waals surface area (Å²) in [5, 5.41) is 14.9. The second kappa shape index (κ2) is 8.44. The van der Waals surface area contributed by atoms with Crippen LogP contribution in [0.5, 0.6) is 0 Å². The van der Waals surface area contributed by atoms with Gasteiger partial charge in [-0.15, -0.1) is 0 Å². The fourth-order valence-electron chi connectivity index (χ4n) is 6.42. The molecule has 2 aromatic rings. The number of hydrogen-bond donors (Lipinski definition) is 2. The molecule has 3 fully saturated rings. The molecular weight excluding hydrogens is 421 g/mol. The lowest BCUT2D eigenvalue weighted by Crippen LogP contribution is -2.59. The van der Waals surface area contributed by atoms with Crippen LogP contribution >= 0.6 is 0 Å². The van der Waals surface area contributed by atoms with Crippen LogP contribution in [0.25, 0.3) is 10.9 Å². The van der Waals surface area contributed by atoms with Crippen molar-refractivity contribution < 1.29 is 19.1 Å². The Hall–Kier alpha value is -2.38. The largest absolute Gasteiger partial charge is 0.384 e. The quantitative estimate of drug-likeness (QED) is 0.692. The van der Waals surface area contributed by atoms with Gasteiger partial charge in [0.25, 0.3) is 0 Å². The third kappa shape index (κ3) is 3.66. The monoisotopic (exact) mass is 453 g/mol. The number of hydrogen-bond acceptors (Lipinski definition) is 5. The summed E-state index contributed by atoms with van der Waals surface area (Å²) in [5.41, 5.74) is -0.136. The molecule has 1 saturated carbocycles. The van der Waals surface area contributed by atoms with Gasteiger partial charge in [0.1, 0.15) is 11.4 Å². The molecule has 2 N–H and O–H groups in total. The van der Waals surface area contributed by atoms with E-state index in [9.17, 15) is 14.7 Å². The van der Waals surface area contributed by atoms with E-state index < -0.39 is 17.3 Å². The van der Waals surface area contributed by atoms with Gasteiger partial charge in [0.2, 0.25) is 11.8 Å². The number of piperidine rings is 2. The van der Waals surface area contributed by atoms with E-state index in [1.807, 2.05) is 0 Å². The van der Waals surface area contributed by atoms with Gasteiger partial charge in [0.05, 0.1) is 11.4 Å². The van der Waals surface area contributed by atoms with E-state index in [1.54, 1.807) is 24.4 Å². The van der Waals surface area contributed by atoms with Crippen molar-refractivity contribution in [1.29, 1.82) is 0 Å². The maximum atomic E-state index is 16.2. The van der Waals surface area contributed by atoms with E-state index >= 15 is 4.39 Å². The number of pyridine rings is 1. The standard InChI is InChI=1S/C26H32FN3O3/c1-2-30-13-12-26(33,25(16-30)10-4-3-5-11-25)20-7-8-21-19(23(20)27)14-17(15-28-21)18-6-9-22(31)29-24(18)32/h7-8,14-15,18,33H,2-6,9-13,16H2,1H3,(H,29,31,32). The van der Waals surface area contributed by atoms with Crippen LogP contribution in [0.2, 0.25) is 0 Å². The Balaban J connectivity index is 1.58. The molecule has 3 aliphatic rings. The second-order valence-corrected chi connectivity index (χ2v) is 10.1. The van der Waals surface area contributed by atoms with Crippen molar-refractivity contribution in [2.45, 2.75) is 69.8 Å². The third-order valence-electron chi connectivity index (χ3n) is 8.36. The van der Waals surface area contributed by atoms with Crippen LogP contribution in [0.4, 0.5) is 4.39 Å². The maximum absolute atomic E-state index is 16.2. The highest BCUT2D eigenvalue weighted by atomic mass is 19.1. The number of nitrogens with one attached hydrogen (secondary N) is 1. The van der Waals surface area contributed by atoms with Gasteiger partial charge in [0, 0.05) is 42.1 Å². The summed E-state index contributed by atoms with van der Waals surface area (Å²) < 4.78 is 16.2. The van der Waals surface area contributed by atoms with E-state index in [4.69, 9.17) is 0 Å². The number of rotatable bonds is 3. The molecule has 3 heterocycles. The maximum Gasteiger partial charge on any atom is 0.234 e. The van der Waals surface area contributed by atoms with Crippen molar-refractivity contribution in [1.82, 2.24) is 15.2 Å². The molecule has 0 radical (unpaired) electrons. The number of imide groups is 1. The normalized spacial score (nSPS) is 28.3. The lowest BCUT2D eigenvalue weighted by atomic mass is 9.57. The number of likely N-dealkylation sites (tertiary alicyclic amines) is 1. The highest BCUT2D eigenvalue weighted by Gasteiger charge is 2.55. The van der Waals surface area contributed by atoms with E-state index in [1.165, 1.54) is 0 Å². The van der Waals surface area contributed by atoms with Gasteiger partial charge in [-0.25, -0.2) is 4.39 Å². The van der Waals surface area contributed by atoms with Gasteiger partial charge in [-0.1, -0.05) is 32.3 Å². The van der Waals surface area contributed by atoms with Gasteiger partial charge in [-0.3, -0.25) is 19.9 Å². The fourth-order valence-corrected chi connectivity index (χ4v) is 6.42. The molecule has 2 saturated heterocycles. The number of amides is 2. The molecule has 1 aromatic heterocycles. The highest BCUT2D eigenvalue weighted by Crippen LogP contribution is 2.55. The molecule has 2 unspecified atom stereocenters. The van der Waals surface area contributed by atoms with E-state index in [2.05, 4.69) is 22.1 Å². The summed E-state index contributed by atoms with van der Waals surface area (Å²) in [6.07, 6.45) is 7.79. The molecule has 2 amide bonds. The summed E-state index contributed by atoms with van der Waals surface area (Å²) in [6.45, 7) is 4.59. The number of halogens is 1. The average molecular weight is 454 g/mol. The Labute approximate surface area is 193 Å². The zero-order valence-electron chi connectivity index (χ0n) is 19.2. The summed E-state index contributed by atoms with van der Waals surface area (Å²) in [5.74, 6) is -1.61. The van der Waals surface area contributed by atoms with Crippen molar-refractivity contribution in [2.75, 3.05) is 19.6 Å². The zero-order chi connectivity index (χ0) is 23.2. The van der Waals surface area contributed by atoms with Crippen LogP contribution in [0.15, 0.2) is 24.4 Å². The number of benzene rings is 1. The van der Waals surface area contributed by atoms with Crippen molar-refractivity contribution in [2.24, 2.45) is 5.41 Å². The first-order valence-corrected chi connectivity index (χ1v) is 12.2. The number of aromatic nitrogens is 1. The first-order valence-electron chi connectivity index (χ1n) is 12.2. The van der Waals surface area contributed by atoms with Gasteiger partial charge >= 0.3 is 0 Å². The number of carbonyl (C=O) groups excluding carboxylic acids is 2. The molecule has 176 valence electrons. The first-order chi connectivity index (χ1) is 15.9. The molecule has 1 spiro atoms. The number of nitrogens with zero attached hydrogens (tertiary/aromatic N) is 2. The van der Waals surface area contributed by atoms with Crippen LogP contribution in [-0.4, -0.2) is 46.4 Å². The number of aliphatic hydroxyl groups is 1. The predicted molar refractivity (Wildman–Crippen MR) is 123 cm³/mol. The van der Waals surface area contributed by atoms with Crippen molar-refractivity contribution in [3.8, 4) is 0 Å². The molecule has 5 rings (SSSR count). The van der Waals surface area contributed by atoms with Crippen molar-refractivity contribution in [3.05, 3.63) is 41.3 Å². The molecule has 33 heavy (non-hydrogen) atoms. The minimum Gasteiger partial charge on any atom is -0.384 e. The van der Waals surface area contributed by atoms with Crippen LogP contribution in [0, 0.1) is 11.2 Å². The Kier molecular flexibility index (Phi) is 5.73. The van der Waals surface area contributed by atoms with Crippen LogP contribution in [-0.2, 0) is 15.2 Å². The zero-order valence-corrected chi connectivity index (χ0v) is 19.2. The first kappa shape index (κ1) is 22.4. The molecule has 2 aliphatic heterocycles. The molecule has 1 aromatic carbocycles. The Bertz CT molecular complexity index is 1100. The van der Waals surface area contributed by atoms with Gasteiger partial charge < -0.3 is 10.0 Å². The van der Waals surface area contributed by atoms with Gasteiger partial charge in [-0.2, -0.15) is 0 Å². The minimum absolute atomic E-state index is 0.257. The van der Waals surface area contributed by atoms with Crippen LogP contribution in [0.1, 0.15) is 75.3 Å². The predicted octanol–water partition coefficient (Wildman–Crippen LogP) is 3.76. The summed E-state index contributed by atoms with van der Waals surface area (Å²) in [7, 11) is 0. The topological polar surface area (TPSA) is 82.5 Å². The summed E-state index contributed by atoms with van der Waals surface area (Å²) in [4.78, 5) is 30.7. The molecule has 2 atom stereocenters. The van der Waals surface area contributed by atoms with Gasteiger partial charge in [-0.05, 0) is 49.9 Å². The molecule has 7 heteroatoms. The van der Waals surface area contributed by atoms with Crippen LogP contribution in [0.3, 0.4) is 0 Å². The second-order valence-electron chi connectivity index (χ2n) is 10.1. The van der Waals surface area contributed by atoms with Gasteiger partial charge in [0.15, 0.2) is 0 Å². The average Bonchev–Trinajstić information content (AvgIpc) is 2.82. The van der Waals surface area contributed by atoms with E-state index in [0.29, 0.717) is 34.9 Å². The number of carbonyl (C=O) groups is 2. The van der Waals surface area contributed by atoms with Crippen LogP contribution < -0.4 is 5.32 Å². The smallest absolute Gasteiger partial charge is 0.234 e. The lowest BCUT2D eigenvalue weighted by molar-refractivity contribution is -0.159. The van der Waals surface area contributed by atoms with E-state index in [-0.39, 0.29) is 23.7 Å². The van der Waals surface area contributed by atoms with Crippen molar-refractivity contribution in [3.63, 3.8) is 0 Å². The Morgan fingerprint density at radius 1 is 1.21 bits per heavy atom. The molecular formula is C26H32FN3O3. The lowest BCUT2D eigenvalue weighted by Gasteiger charge is -2.56. The summed E-state index contributed by atoms with van der Waals surface area (Å²) in [6, 6.07) is 5.18. The molecule has 0 bridgehead atoms. The number of fused-ring (bicyclic) bond motifs is 1. The highest BCUT2D eigenvalue weighted by molar-refractivity contribution is 6.01. The molecule has 1 aliphatic carbocycles. The SMILES string of the molecule is CCN1CCC(O)(c2ccc3ncc(C4CCC(=O)NC4=O)cc3c2F)C2(CCCCC2)C1. The third-order valence-corrected chi connectivity index (χ3v) is 8.36. The van der Waals surface area contributed by atoms with Crippen molar-refractivity contribution >= 4 is 22.7 Å². The van der Waals surface area contributed by atoms with E-state index in [0.717, 1.165) is 51.7 Å². The molecule has 6 nitrogen and oxygen atoms in total. The Morgan fingerprint density at radius 3 is 2.73 bits per heavy atom. The Morgan fingerprint density at radius 2 is 2.00 bits per heavy atom. The minimum atomic E-state index is -1.23. The fraction of sp³-hybridized carbons (Fsp3) is 0.577.